The molecule has 0 unspecified atom stereocenters. The molecule has 2 rings (SSSR count). The maximum absolute atomic E-state index is 12.3. The average Bonchev–Trinajstić information content (AvgIpc) is 2.60. The number of alkyl halides is 1. The number of carbonyl (C=O) groups is 2. The van der Waals surface area contributed by atoms with E-state index < -0.39 is 0 Å². The van der Waals surface area contributed by atoms with Crippen molar-refractivity contribution in [1.82, 2.24) is 9.80 Å². The Morgan fingerprint density at radius 2 is 1.70 bits per heavy atom. The highest BCUT2D eigenvalue weighted by Crippen LogP contribution is 2.13. The van der Waals surface area contributed by atoms with E-state index in [2.05, 4.69) is 0 Å². The molecule has 0 atom stereocenters. The highest BCUT2D eigenvalue weighted by molar-refractivity contribution is 6.18. The van der Waals surface area contributed by atoms with E-state index in [1.54, 1.807) is 16.9 Å². The molecule has 1 aromatic carbocycles. The van der Waals surface area contributed by atoms with Gasteiger partial charge in [-0.2, -0.15) is 0 Å². The summed E-state index contributed by atoms with van der Waals surface area (Å²) >= 11 is 5.49. The minimum Gasteiger partial charge on any atom is -0.497 e. The van der Waals surface area contributed by atoms with E-state index in [0.717, 1.165) is 11.3 Å². The topological polar surface area (TPSA) is 59.1 Å². The molecule has 2 amide bonds. The molecule has 0 bridgehead atoms. The van der Waals surface area contributed by atoms with E-state index in [9.17, 15) is 9.59 Å². The van der Waals surface area contributed by atoms with Gasteiger partial charge in [0.1, 0.15) is 12.4 Å². The molecule has 6 nitrogen and oxygen atoms in total. The Morgan fingerprint density at radius 1 is 1.09 bits per heavy atom. The van der Waals surface area contributed by atoms with Crippen molar-refractivity contribution < 1.29 is 19.1 Å². The molecule has 0 aromatic heterocycles. The van der Waals surface area contributed by atoms with Crippen LogP contribution in [0.1, 0.15) is 5.56 Å². The molecule has 1 saturated heterocycles. The summed E-state index contributed by atoms with van der Waals surface area (Å²) < 4.78 is 10.1. The number of methoxy groups -OCH3 is 1. The second-order valence-corrected chi connectivity index (χ2v) is 5.57. The number of hydrogen-bond donors (Lipinski definition) is 0. The minimum atomic E-state index is -0.368. The second kappa shape index (κ2) is 8.62. The molecule has 0 saturated carbocycles. The smallest absolute Gasteiger partial charge is 0.409 e. The van der Waals surface area contributed by atoms with Gasteiger partial charge in [0, 0.05) is 26.2 Å². The lowest BCUT2D eigenvalue weighted by Gasteiger charge is -2.34. The Balaban J connectivity index is 1.79. The van der Waals surface area contributed by atoms with Gasteiger partial charge in [0.25, 0.3) is 0 Å². The van der Waals surface area contributed by atoms with E-state index in [0.29, 0.717) is 32.6 Å². The van der Waals surface area contributed by atoms with Crippen LogP contribution >= 0.6 is 11.6 Å². The fourth-order valence-corrected chi connectivity index (χ4v) is 2.46. The molecule has 126 valence electrons. The SMILES string of the molecule is COc1ccc(CC(=O)N2CCN(C(=O)OCCCl)CC2)cc1. The van der Waals surface area contributed by atoms with Crippen LogP contribution in [0.3, 0.4) is 0 Å². The molecular weight excluding hydrogens is 320 g/mol. The maximum atomic E-state index is 12.3. The van der Waals surface area contributed by atoms with Gasteiger partial charge in [-0.15, -0.1) is 11.6 Å². The Labute approximate surface area is 140 Å². The fourth-order valence-electron chi connectivity index (χ4n) is 2.39. The highest BCUT2D eigenvalue weighted by atomic mass is 35.5. The lowest BCUT2D eigenvalue weighted by Crippen LogP contribution is -2.51. The van der Waals surface area contributed by atoms with Crippen LogP contribution in [-0.4, -0.2) is 67.6 Å². The Morgan fingerprint density at radius 3 is 2.26 bits per heavy atom. The average molecular weight is 341 g/mol. The lowest BCUT2D eigenvalue weighted by molar-refractivity contribution is -0.132. The third-order valence-corrected chi connectivity index (χ3v) is 3.86. The van der Waals surface area contributed by atoms with Crippen molar-refractivity contribution >= 4 is 23.6 Å². The van der Waals surface area contributed by atoms with Gasteiger partial charge in [-0.3, -0.25) is 4.79 Å². The van der Waals surface area contributed by atoms with E-state index in [4.69, 9.17) is 21.1 Å². The molecule has 0 N–H and O–H groups in total. The first kappa shape index (κ1) is 17.4. The summed E-state index contributed by atoms with van der Waals surface area (Å²) in [6.45, 7) is 2.21. The van der Waals surface area contributed by atoms with Crippen LogP contribution in [0.25, 0.3) is 0 Å². The van der Waals surface area contributed by atoms with Gasteiger partial charge in [0.2, 0.25) is 5.91 Å². The third-order valence-electron chi connectivity index (χ3n) is 3.71. The van der Waals surface area contributed by atoms with E-state index >= 15 is 0 Å². The fraction of sp³-hybridized carbons (Fsp3) is 0.500. The van der Waals surface area contributed by atoms with Crippen LogP contribution in [-0.2, 0) is 16.0 Å². The van der Waals surface area contributed by atoms with Crippen molar-refractivity contribution in [2.75, 3.05) is 45.8 Å². The molecule has 1 aliphatic heterocycles. The van der Waals surface area contributed by atoms with Crippen LogP contribution in [0.15, 0.2) is 24.3 Å². The van der Waals surface area contributed by atoms with Gasteiger partial charge in [-0.1, -0.05) is 12.1 Å². The summed E-state index contributed by atoms with van der Waals surface area (Å²) in [5.41, 5.74) is 0.944. The van der Waals surface area contributed by atoms with E-state index in [1.165, 1.54) is 0 Å². The number of amides is 2. The van der Waals surface area contributed by atoms with Crippen LogP contribution in [0, 0.1) is 0 Å². The van der Waals surface area contributed by atoms with Crippen molar-refractivity contribution in [3.05, 3.63) is 29.8 Å². The van der Waals surface area contributed by atoms with E-state index in [1.807, 2.05) is 24.3 Å². The van der Waals surface area contributed by atoms with Gasteiger partial charge in [-0.25, -0.2) is 4.79 Å². The highest BCUT2D eigenvalue weighted by Gasteiger charge is 2.24. The monoisotopic (exact) mass is 340 g/mol. The van der Waals surface area contributed by atoms with Crippen molar-refractivity contribution in [3.63, 3.8) is 0 Å². The summed E-state index contributed by atoms with van der Waals surface area (Å²) in [6, 6.07) is 7.45. The summed E-state index contributed by atoms with van der Waals surface area (Å²) in [5, 5.41) is 0. The predicted molar refractivity (Wildman–Crippen MR) is 86.9 cm³/mol. The van der Waals surface area contributed by atoms with Gasteiger partial charge >= 0.3 is 6.09 Å². The first-order valence-corrected chi connectivity index (χ1v) is 8.06. The van der Waals surface area contributed by atoms with Crippen LogP contribution in [0.2, 0.25) is 0 Å². The summed E-state index contributed by atoms with van der Waals surface area (Å²) in [4.78, 5) is 27.4. The van der Waals surface area contributed by atoms with Crippen molar-refractivity contribution in [1.29, 1.82) is 0 Å². The normalized spacial score (nSPS) is 14.5. The quantitative estimate of drug-likeness (QED) is 0.766. The zero-order valence-corrected chi connectivity index (χ0v) is 13.9. The lowest BCUT2D eigenvalue weighted by atomic mass is 10.1. The third kappa shape index (κ3) is 5.03. The van der Waals surface area contributed by atoms with Crippen LogP contribution in [0.5, 0.6) is 5.75 Å². The molecule has 0 aliphatic carbocycles. The van der Waals surface area contributed by atoms with Gasteiger partial charge in [-0.05, 0) is 17.7 Å². The second-order valence-electron chi connectivity index (χ2n) is 5.20. The molecule has 7 heteroatoms. The number of halogens is 1. The summed E-state index contributed by atoms with van der Waals surface area (Å²) in [7, 11) is 1.61. The molecule has 1 fully saturated rings. The zero-order chi connectivity index (χ0) is 16.7. The molecule has 0 spiro atoms. The number of ether oxygens (including phenoxy) is 2. The number of rotatable bonds is 5. The molecule has 1 aromatic rings. The summed E-state index contributed by atoms with van der Waals surface area (Å²) in [5.74, 6) is 1.11. The number of hydrogen-bond acceptors (Lipinski definition) is 4. The van der Waals surface area contributed by atoms with Crippen molar-refractivity contribution in [2.45, 2.75) is 6.42 Å². The molecule has 1 aliphatic rings. The van der Waals surface area contributed by atoms with Gasteiger partial charge < -0.3 is 19.3 Å². The Bertz CT molecular complexity index is 527. The van der Waals surface area contributed by atoms with Gasteiger partial charge in [0.05, 0.1) is 19.4 Å². The largest absolute Gasteiger partial charge is 0.497 e. The standard InChI is InChI=1S/C16H21ClN2O4/c1-22-14-4-2-13(3-5-14)12-15(20)18-7-9-19(10-8-18)16(21)23-11-6-17/h2-5H,6-12H2,1H3. The molecule has 1 heterocycles. The molecule has 0 radical (unpaired) electrons. The number of nitrogens with zero attached hydrogens (tertiary/aromatic N) is 2. The summed E-state index contributed by atoms with van der Waals surface area (Å²) in [6.07, 6.45) is -0.0198. The Hall–Kier alpha value is -1.95. The van der Waals surface area contributed by atoms with Crippen LogP contribution in [0.4, 0.5) is 4.79 Å². The number of benzene rings is 1. The zero-order valence-electron chi connectivity index (χ0n) is 13.2. The number of carbonyl (C=O) groups excluding carboxylic acids is 2. The first-order valence-electron chi connectivity index (χ1n) is 7.52. The van der Waals surface area contributed by atoms with Crippen LogP contribution < -0.4 is 4.74 Å². The van der Waals surface area contributed by atoms with E-state index in [-0.39, 0.29) is 24.5 Å². The molecule has 23 heavy (non-hydrogen) atoms. The van der Waals surface area contributed by atoms with Gasteiger partial charge in [0.15, 0.2) is 0 Å². The number of piperazine rings is 1. The predicted octanol–water partition coefficient (Wildman–Crippen LogP) is 1.76. The Kier molecular flexibility index (Phi) is 6.52. The molecular formula is C16H21ClN2O4. The maximum Gasteiger partial charge on any atom is 0.409 e. The first-order chi connectivity index (χ1) is 11.1. The van der Waals surface area contributed by atoms with Crippen molar-refractivity contribution in [3.8, 4) is 5.75 Å². The minimum absolute atomic E-state index is 0.0592. The van der Waals surface area contributed by atoms with Crippen molar-refractivity contribution in [2.24, 2.45) is 0 Å².